The number of carbonyl (C=O) groups is 2. The van der Waals surface area contributed by atoms with E-state index in [0.717, 1.165) is 6.42 Å². The zero-order valence-corrected chi connectivity index (χ0v) is 15.6. The van der Waals surface area contributed by atoms with Crippen LogP contribution in [0.15, 0.2) is 23.1 Å². The Bertz CT molecular complexity index is 717. The van der Waals surface area contributed by atoms with Crippen LogP contribution in [0.2, 0.25) is 0 Å². The van der Waals surface area contributed by atoms with Gasteiger partial charge in [-0.15, -0.1) is 0 Å². The summed E-state index contributed by atoms with van der Waals surface area (Å²) >= 11 is 6.48. The first-order valence-electron chi connectivity index (χ1n) is 7.83. The second-order valence-corrected chi connectivity index (χ2v) is 6.80. The van der Waals surface area contributed by atoms with Gasteiger partial charge in [-0.1, -0.05) is 43.0 Å². The number of nitrogens with zero attached hydrogens (tertiary/aromatic N) is 1. The van der Waals surface area contributed by atoms with Crippen molar-refractivity contribution in [3.05, 3.63) is 28.7 Å². The summed E-state index contributed by atoms with van der Waals surface area (Å²) in [4.78, 5) is 25.4. The topological polar surface area (TPSA) is 76.1 Å². The molecule has 1 aliphatic rings. The van der Waals surface area contributed by atoms with Gasteiger partial charge in [0.25, 0.3) is 5.91 Å². The highest BCUT2D eigenvalue weighted by atomic mass is 32.2. The number of hydrogen-bond donors (Lipinski definition) is 1. The number of thiocarbonyl (C=S) groups is 1. The molecule has 1 fully saturated rings. The molecule has 0 aromatic heterocycles. The van der Waals surface area contributed by atoms with Crippen LogP contribution in [0.5, 0.6) is 11.5 Å². The molecule has 1 saturated heterocycles. The fourth-order valence-corrected chi connectivity index (χ4v) is 3.56. The first-order valence-corrected chi connectivity index (χ1v) is 9.06. The maximum Gasteiger partial charge on any atom is 0.341 e. The van der Waals surface area contributed by atoms with Gasteiger partial charge in [-0.2, -0.15) is 0 Å². The number of thioether (sulfide) groups is 1. The van der Waals surface area contributed by atoms with Crippen molar-refractivity contribution in [3.8, 4) is 11.5 Å². The number of para-hydroxylation sites is 1. The van der Waals surface area contributed by atoms with Crippen LogP contribution < -0.4 is 9.47 Å². The van der Waals surface area contributed by atoms with E-state index in [9.17, 15) is 9.59 Å². The molecule has 2 rings (SSSR count). The van der Waals surface area contributed by atoms with E-state index in [2.05, 4.69) is 0 Å². The van der Waals surface area contributed by atoms with Crippen LogP contribution >= 0.6 is 24.0 Å². The van der Waals surface area contributed by atoms with Gasteiger partial charge in [0.1, 0.15) is 4.32 Å². The average Bonchev–Trinajstić information content (AvgIpc) is 2.82. The van der Waals surface area contributed by atoms with Crippen molar-refractivity contribution in [2.45, 2.75) is 20.3 Å². The van der Waals surface area contributed by atoms with Crippen LogP contribution in [0, 0.1) is 0 Å². The highest BCUT2D eigenvalue weighted by Gasteiger charge is 2.31. The van der Waals surface area contributed by atoms with E-state index in [1.165, 1.54) is 11.8 Å². The molecule has 0 unspecified atom stereocenters. The molecular weight excluding hydrogens is 362 g/mol. The van der Waals surface area contributed by atoms with Crippen LogP contribution in [0.4, 0.5) is 0 Å². The standard InChI is InChI=1S/C17H19NO5S2/c1-3-8-18-16(21)13(25-17(18)24)9-11-6-5-7-12(22-4-2)15(11)23-10-14(19)20/h5-7,9H,3-4,8,10H2,1-2H3,(H,19,20)/b13-9+. The zero-order valence-electron chi connectivity index (χ0n) is 14.0. The van der Waals surface area contributed by atoms with E-state index in [-0.39, 0.29) is 5.91 Å². The van der Waals surface area contributed by atoms with Gasteiger partial charge in [-0.3, -0.25) is 9.69 Å². The van der Waals surface area contributed by atoms with E-state index in [1.807, 2.05) is 13.8 Å². The monoisotopic (exact) mass is 381 g/mol. The van der Waals surface area contributed by atoms with E-state index < -0.39 is 12.6 Å². The summed E-state index contributed by atoms with van der Waals surface area (Å²) in [5, 5.41) is 8.88. The Morgan fingerprint density at radius 3 is 2.76 bits per heavy atom. The average molecular weight is 381 g/mol. The fraction of sp³-hybridized carbons (Fsp3) is 0.353. The van der Waals surface area contributed by atoms with Gasteiger partial charge in [0.15, 0.2) is 18.1 Å². The number of ether oxygens (including phenoxy) is 2. The molecule has 0 atom stereocenters. The lowest BCUT2D eigenvalue weighted by atomic mass is 10.1. The summed E-state index contributed by atoms with van der Waals surface area (Å²) in [6.07, 6.45) is 2.47. The number of carboxylic acids is 1. The van der Waals surface area contributed by atoms with Crippen molar-refractivity contribution in [1.82, 2.24) is 4.90 Å². The molecule has 6 nitrogen and oxygen atoms in total. The third kappa shape index (κ3) is 4.73. The highest BCUT2D eigenvalue weighted by molar-refractivity contribution is 8.26. The summed E-state index contributed by atoms with van der Waals surface area (Å²) in [5.41, 5.74) is 0.573. The molecule has 0 saturated carbocycles. The van der Waals surface area contributed by atoms with Gasteiger partial charge in [-0.05, 0) is 25.5 Å². The lowest BCUT2D eigenvalue weighted by Gasteiger charge is -2.14. The second kappa shape index (κ2) is 8.87. The molecule has 0 spiro atoms. The Morgan fingerprint density at radius 2 is 2.12 bits per heavy atom. The molecule has 0 radical (unpaired) electrons. The highest BCUT2D eigenvalue weighted by Crippen LogP contribution is 2.37. The van der Waals surface area contributed by atoms with Crippen molar-refractivity contribution in [2.75, 3.05) is 19.8 Å². The quantitative estimate of drug-likeness (QED) is 0.547. The molecule has 1 aliphatic heterocycles. The first-order chi connectivity index (χ1) is 12.0. The molecule has 0 aliphatic carbocycles. The largest absolute Gasteiger partial charge is 0.490 e. The van der Waals surface area contributed by atoms with Crippen LogP contribution in [0.25, 0.3) is 6.08 Å². The van der Waals surface area contributed by atoms with Crippen LogP contribution in [0.1, 0.15) is 25.8 Å². The summed E-state index contributed by atoms with van der Waals surface area (Å²) in [6.45, 7) is 4.28. The van der Waals surface area contributed by atoms with E-state index in [0.29, 0.717) is 39.4 Å². The molecule has 25 heavy (non-hydrogen) atoms. The Morgan fingerprint density at radius 1 is 1.36 bits per heavy atom. The Balaban J connectivity index is 2.37. The van der Waals surface area contributed by atoms with Crippen molar-refractivity contribution >= 4 is 46.3 Å². The number of amides is 1. The van der Waals surface area contributed by atoms with Gasteiger partial charge in [0, 0.05) is 12.1 Å². The summed E-state index contributed by atoms with van der Waals surface area (Å²) < 4.78 is 11.4. The van der Waals surface area contributed by atoms with E-state index >= 15 is 0 Å². The molecule has 134 valence electrons. The minimum atomic E-state index is -1.09. The smallest absolute Gasteiger partial charge is 0.341 e. The van der Waals surface area contributed by atoms with Crippen molar-refractivity contribution in [3.63, 3.8) is 0 Å². The summed E-state index contributed by atoms with van der Waals surface area (Å²) in [5.74, 6) is -0.511. The van der Waals surface area contributed by atoms with Crippen molar-refractivity contribution < 1.29 is 24.2 Å². The van der Waals surface area contributed by atoms with E-state index in [4.69, 9.17) is 26.8 Å². The lowest BCUT2D eigenvalue weighted by Crippen LogP contribution is -2.28. The number of carboxylic acid groups (broad SMARTS) is 1. The van der Waals surface area contributed by atoms with Gasteiger partial charge < -0.3 is 14.6 Å². The van der Waals surface area contributed by atoms with Crippen LogP contribution in [-0.4, -0.2) is 46.0 Å². The molecule has 1 aromatic carbocycles. The molecule has 0 bridgehead atoms. The predicted molar refractivity (Wildman–Crippen MR) is 101 cm³/mol. The Kier molecular flexibility index (Phi) is 6.83. The third-order valence-electron chi connectivity index (χ3n) is 3.26. The second-order valence-electron chi connectivity index (χ2n) is 5.12. The normalized spacial score (nSPS) is 15.8. The Hall–Kier alpha value is -2.06. The maximum atomic E-state index is 12.5. The summed E-state index contributed by atoms with van der Waals surface area (Å²) in [7, 11) is 0. The van der Waals surface area contributed by atoms with Gasteiger partial charge in [-0.25, -0.2) is 4.79 Å². The van der Waals surface area contributed by atoms with Crippen LogP contribution in [0.3, 0.4) is 0 Å². The third-order valence-corrected chi connectivity index (χ3v) is 4.63. The predicted octanol–water partition coefficient (Wildman–Crippen LogP) is 3.16. The minimum absolute atomic E-state index is 0.150. The molecule has 1 N–H and O–H groups in total. The lowest BCUT2D eigenvalue weighted by molar-refractivity contribution is -0.139. The minimum Gasteiger partial charge on any atom is -0.490 e. The SMILES string of the molecule is CCCN1C(=O)/C(=C\c2cccc(OCC)c2OCC(=O)O)SC1=S. The molecular formula is C17H19NO5S2. The molecule has 8 heteroatoms. The number of aliphatic carboxylic acids is 1. The first kappa shape index (κ1) is 19.3. The number of benzene rings is 1. The van der Waals surface area contributed by atoms with Crippen molar-refractivity contribution in [2.24, 2.45) is 0 Å². The van der Waals surface area contributed by atoms with Crippen molar-refractivity contribution in [1.29, 1.82) is 0 Å². The van der Waals surface area contributed by atoms with Gasteiger partial charge in [0.05, 0.1) is 11.5 Å². The number of carbonyl (C=O) groups excluding carboxylic acids is 1. The van der Waals surface area contributed by atoms with Gasteiger partial charge >= 0.3 is 5.97 Å². The molecule has 1 amide bonds. The van der Waals surface area contributed by atoms with Crippen LogP contribution in [-0.2, 0) is 9.59 Å². The zero-order chi connectivity index (χ0) is 18.4. The number of rotatable bonds is 8. The molecule has 1 heterocycles. The van der Waals surface area contributed by atoms with Gasteiger partial charge in [0.2, 0.25) is 0 Å². The maximum absolute atomic E-state index is 12.5. The Labute approximate surface area is 155 Å². The number of hydrogen-bond acceptors (Lipinski definition) is 6. The summed E-state index contributed by atoms with van der Waals surface area (Å²) in [6, 6.07) is 5.20. The molecule has 1 aromatic rings. The fourth-order valence-electron chi connectivity index (χ4n) is 2.26. The van der Waals surface area contributed by atoms with E-state index in [1.54, 1.807) is 29.2 Å².